The topological polar surface area (TPSA) is 127 Å². The second-order valence-corrected chi connectivity index (χ2v) is 10.2. The van der Waals surface area contributed by atoms with Gasteiger partial charge in [0.1, 0.15) is 5.82 Å². The minimum atomic E-state index is -3.90. The van der Waals surface area contributed by atoms with Crippen LogP contribution in [0, 0.1) is 0 Å². The molecular formula is C16H17N5O4S2. The van der Waals surface area contributed by atoms with E-state index in [4.69, 9.17) is 0 Å². The zero-order valence-electron chi connectivity index (χ0n) is 14.1. The largest absolute Gasteiger partial charge is 0.334 e. The van der Waals surface area contributed by atoms with E-state index in [1.807, 2.05) is 30.3 Å². The van der Waals surface area contributed by atoms with Gasteiger partial charge in [-0.1, -0.05) is 30.3 Å². The first-order valence-electron chi connectivity index (χ1n) is 8.21. The van der Waals surface area contributed by atoms with Crippen molar-refractivity contribution in [3.05, 3.63) is 48.9 Å². The molecule has 0 unspecified atom stereocenters. The number of H-pyrrole nitrogens is 1. The average Bonchev–Trinajstić information content (AvgIpc) is 3.35. The highest BCUT2D eigenvalue weighted by Gasteiger charge is 2.32. The van der Waals surface area contributed by atoms with Crippen LogP contribution in [0.2, 0.25) is 0 Å². The summed E-state index contributed by atoms with van der Waals surface area (Å²) in [6.45, 7) is 0. The Balaban J connectivity index is 1.76. The van der Waals surface area contributed by atoms with Crippen LogP contribution in [0.4, 0.5) is 5.82 Å². The summed E-state index contributed by atoms with van der Waals surface area (Å²) in [6.07, 6.45) is 2.85. The van der Waals surface area contributed by atoms with Crippen molar-refractivity contribution >= 4 is 25.7 Å². The molecule has 0 aliphatic carbocycles. The maximum Gasteiger partial charge on any atom is 0.280 e. The molecule has 4 rings (SSSR count). The molecule has 3 heterocycles. The number of aromatic amines is 1. The van der Waals surface area contributed by atoms with Gasteiger partial charge in [0.05, 0.1) is 35.8 Å². The number of anilines is 1. The van der Waals surface area contributed by atoms with Crippen molar-refractivity contribution in [2.75, 3.05) is 16.2 Å². The average molecular weight is 407 g/mol. The van der Waals surface area contributed by atoms with Crippen molar-refractivity contribution in [2.45, 2.75) is 17.5 Å². The van der Waals surface area contributed by atoms with E-state index in [9.17, 15) is 16.8 Å². The molecule has 1 saturated heterocycles. The molecule has 0 spiro atoms. The number of sulfonamides is 1. The number of sulfone groups is 1. The molecule has 1 aliphatic heterocycles. The van der Waals surface area contributed by atoms with Crippen LogP contribution < -0.4 is 4.72 Å². The molecule has 0 amide bonds. The Morgan fingerprint density at radius 2 is 2.00 bits per heavy atom. The molecule has 1 aromatic carbocycles. The molecule has 27 heavy (non-hydrogen) atoms. The first-order valence-corrected chi connectivity index (χ1v) is 11.5. The molecule has 11 heteroatoms. The van der Waals surface area contributed by atoms with E-state index in [2.05, 4.69) is 19.8 Å². The lowest BCUT2D eigenvalue weighted by atomic mass is 10.2. The minimum Gasteiger partial charge on any atom is -0.334 e. The summed E-state index contributed by atoms with van der Waals surface area (Å²) in [5.74, 6) is 0.206. The maximum absolute atomic E-state index is 12.6. The van der Waals surface area contributed by atoms with E-state index in [0.29, 0.717) is 12.1 Å². The number of nitrogens with one attached hydrogen (secondary N) is 2. The van der Waals surface area contributed by atoms with Crippen LogP contribution in [0.25, 0.3) is 11.3 Å². The van der Waals surface area contributed by atoms with E-state index in [1.165, 1.54) is 17.2 Å². The smallest absolute Gasteiger partial charge is 0.280 e. The lowest BCUT2D eigenvalue weighted by Gasteiger charge is -2.14. The predicted octanol–water partition coefficient (Wildman–Crippen LogP) is 1.43. The third-order valence-corrected chi connectivity index (χ3v) is 7.39. The van der Waals surface area contributed by atoms with E-state index in [1.54, 1.807) is 6.07 Å². The molecule has 2 aromatic heterocycles. The first-order chi connectivity index (χ1) is 12.8. The molecule has 1 atom stereocenters. The van der Waals surface area contributed by atoms with E-state index in [0.717, 1.165) is 5.56 Å². The number of aromatic nitrogens is 4. The van der Waals surface area contributed by atoms with Gasteiger partial charge in [-0.15, -0.1) is 0 Å². The van der Waals surface area contributed by atoms with E-state index < -0.39 is 25.9 Å². The van der Waals surface area contributed by atoms with Gasteiger partial charge in [0.25, 0.3) is 10.0 Å². The monoisotopic (exact) mass is 407 g/mol. The summed E-state index contributed by atoms with van der Waals surface area (Å²) in [4.78, 5) is 6.28. The SMILES string of the molecule is O=S1(=O)CC[C@@H](n2nc(-c3ccccc3)cc2NS(=O)(=O)c2cnc[nH]2)C1. The summed E-state index contributed by atoms with van der Waals surface area (Å²) >= 11 is 0. The molecule has 2 N–H and O–H groups in total. The molecule has 0 saturated carbocycles. The van der Waals surface area contributed by atoms with Crippen LogP contribution in [0.1, 0.15) is 12.5 Å². The summed E-state index contributed by atoms with van der Waals surface area (Å²) in [7, 11) is -7.05. The number of hydrogen-bond acceptors (Lipinski definition) is 6. The zero-order valence-corrected chi connectivity index (χ0v) is 15.7. The number of hydrogen-bond donors (Lipinski definition) is 2. The Morgan fingerprint density at radius 1 is 1.22 bits per heavy atom. The van der Waals surface area contributed by atoms with Crippen molar-refractivity contribution in [1.82, 2.24) is 19.7 Å². The van der Waals surface area contributed by atoms with Gasteiger partial charge >= 0.3 is 0 Å². The standard InChI is InChI=1S/C16H17N5O4S2/c22-26(23)7-6-13(10-26)21-15(20-27(24,25)16-9-17-11-18-16)8-14(19-21)12-4-2-1-3-5-12/h1-5,8-9,11,13,20H,6-7,10H2,(H,17,18)/t13-/m1/s1. The Bertz CT molecular complexity index is 1150. The van der Waals surface area contributed by atoms with Crippen LogP contribution in [0.3, 0.4) is 0 Å². The van der Waals surface area contributed by atoms with Gasteiger partial charge in [0.2, 0.25) is 0 Å². The van der Waals surface area contributed by atoms with E-state index >= 15 is 0 Å². The third kappa shape index (κ3) is 3.60. The quantitative estimate of drug-likeness (QED) is 0.659. The number of imidazole rings is 1. The molecule has 9 nitrogen and oxygen atoms in total. The molecule has 0 radical (unpaired) electrons. The van der Waals surface area contributed by atoms with Crippen molar-refractivity contribution in [3.63, 3.8) is 0 Å². The fraction of sp³-hybridized carbons (Fsp3) is 0.250. The second-order valence-electron chi connectivity index (χ2n) is 6.30. The normalized spacial score (nSPS) is 19.2. The highest BCUT2D eigenvalue weighted by Crippen LogP contribution is 2.31. The molecule has 0 bridgehead atoms. The lowest BCUT2D eigenvalue weighted by molar-refractivity contribution is 0.507. The van der Waals surface area contributed by atoms with Crippen molar-refractivity contribution in [2.24, 2.45) is 0 Å². The Morgan fingerprint density at radius 3 is 2.63 bits per heavy atom. The summed E-state index contributed by atoms with van der Waals surface area (Å²) in [6, 6.07) is 10.5. The van der Waals surface area contributed by atoms with Gasteiger partial charge in [-0.3, -0.25) is 4.72 Å². The van der Waals surface area contributed by atoms with Gasteiger partial charge in [-0.25, -0.2) is 18.1 Å². The fourth-order valence-electron chi connectivity index (χ4n) is 3.05. The van der Waals surface area contributed by atoms with Crippen LogP contribution in [-0.2, 0) is 19.9 Å². The highest BCUT2D eigenvalue weighted by molar-refractivity contribution is 7.92. The molecule has 142 valence electrons. The van der Waals surface area contributed by atoms with Crippen molar-refractivity contribution in [1.29, 1.82) is 0 Å². The van der Waals surface area contributed by atoms with Crippen LogP contribution in [0.5, 0.6) is 0 Å². The highest BCUT2D eigenvalue weighted by atomic mass is 32.2. The van der Waals surface area contributed by atoms with Gasteiger partial charge in [-0.2, -0.15) is 13.5 Å². The van der Waals surface area contributed by atoms with Crippen LogP contribution >= 0.6 is 0 Å². The first kappa shape index (κ1) is 17.7. The zero-order chi connectivity index (χ0) is 19.1. The van der Waals surface area contributed by atoms with Gasteiger partial charge < -0.3 is 4.98 Å². The van der Waals surface area contributed by atoms with Gasteiger partial charge in [0.15, 0.2) is 14.9 Å². The summed E-state index contributed by atoms with van der Waals surface area (Å²) in [5, 5.41) is 4.41. The maximum atomic E-state index is 12.6. The predicted molar refractivity (Wildman–Crippen MR) is 99.4 cm³/mol. The molecular weight excluding hydrogens is 390 g/mol. The molecule has 3 aromatic rings. The number of nitrogens with zero attached hydrogens (tertiary/aromatic N) is 3. The van der Waals surface area contributed by atoms with Gasteiger partial charge in [-0.05, 0) is 6.42 Å². The van der Waals surface area contributed by atoms with E-state index in [-0.39, 0.29) is 22.3 Å². The van der Waals surface area contributed by atoms with Crippen molar-refractivity contribution < 1.29 is 16.8 Å². The van der Waals surface area contributed by atoms with Gasteiger partial charge in [0, 0.05) is 11.6 Å². The third-order valence-electron chi connectivity index (χ3n) is 4.36. The lowest BCUT2D eigenvalue weighted by Crippen LogP contribution is -2.20. The molecule has 1 aliphatic rings. The summed E-state index contributed by atoms with van der Waals surface area (Å²) < 4.78 is 52.8. The minimum absolute atomic E-state index is 0.0605. The van der Waals surface area contributed by atoms with Crippen molar-refractivity contribution in [3.8, 4) is 11.3 Å². The number of rotatable bonds is 5. The van der Waals surface area contributed by atoms with Crippen LogP contribution in [-0.4, -0.2) is 48.1 Å². The number of benzene rings is 1. The second kappa shape index (κ2) is 6.50. The Kier molecular flexibility index (Phi) is 4.27. The fourth-order valence-corrected chi connectivity index (χ4v) is 5.69. The molecule has 1 fully saturated rings. The Labute approximate surface area is 156 Å². The van der Waals surface area contributed by atoms with Crippen LogP contribution in [0.15, 0.2) is 53.9 Å². The summed E-state index contributed by atoms with van der Waals surface area (Å²) in [5.41, 5.74) is 1.36. The Hall–Kier alpha value is -2.66.